The van der Waals surface area contributed by atoms with Crippen molar-refractivity contribution in [1.82, 2.24) is 4.90 Å². The zero-order valence-corrected chi connectivity index (χ0v) is 11.6. The fourth-order valence-electron chi connectivity index (χ4n) is 2.21. The van der Waals surface area contributed by atoms with Crippen LogP contribution < -0.4 is 5.73 Å². The van der Waals surface area contributed by atoms with Crippen molar-refractivity contribution in [3.8, 4) is 0 Å². The van der Waals surface area contributed by atoms with E-state index >= 15 is 0 Å². The van der Waals surface area contributed by atoms with Gasteiger partial charge in [0.1, 0.15) is 0 Å². The molecule has 2 rings (SSSR count). The third-order valence-electron chi connectivity index (χ3n) is 3.26. The highest BCUT2D eigenvalue weighted by Gasteiger charge is 2.16. The van der Waals surface area contributed by atoms with Crippen molar-refractivity contribution >= 4 is 23.4 Å². The molecule has 1 saturated heterocycles. The van der Waals surface area contributed by atoms with Crippen molar-refractivity contribution in [2.24, 2.45) is 0 Å². The summed E-state index contributed by atoms with van der Waals surface area (Å²) in [7, 11) is 0. The van der Waals surface area contributed by atoms with Gasteiger partial charge in [0.25, 0.3) is 0 Å². The summed E-state index contributed by atoms with van der Waals surface area (Å²) < 4.78 is 0. The number of rotatable bonds is 3. The molecule has 0 aromatic heterocycles. The molecule has 0 aliphatic carbocycles. The van der Waals surface area contributed by atoms with Crippen LogP contribution in [0.1, 0.15) is 24.8 Å². The Hall–Kier alpha value is -1.16. The van der Waals surface area contributed by atoms with Crippen LogP contribution in [0, 0.1) is 6.92 Å². The van der Waals surface area contributed by atoms with E-state index in [0.717, 1.165) is 42.1 Å². The minimum absolute atomic E-state index is 0.260. The van der Waals surface area contributed by atoms with Crippen molar-refractivity contribution in [2.45, 2.75) is 31.1 Å². The van der Waals surface area contributed by atoms with Crippen LogP contribution in [0.4, 0.5) is 5.69 Å². The van der Waals surface area contributed by atoms with Crippen LogP contribution in [-0.4, -0.2) is 29.6 Å². The van der Waals surface area contributed by atoms with Gasteiger partial charge in [0, 0.05) is 23.7 Å². The third kappa shape index (κ3) is 3.42. The number of nitrogen functional groups attached to an aromatic ring is 1. The van der Waals surface area contributed by atoms with E-state index in [1.165, 1.54) is 6.42 Å². The Bertz CT molecular complexity index is 428. The van der Waals surface area contributed by atoms with Crippen LogP contribution in [0.15, 0.2) is 23.1 Å². The number of likely N-dealkylation sites (tertiary alicyclic amines) is 1. The number of nitrogens with zero attached hydrogens (tertiary/aromatic N) is 1. The van der Waals surface area contributed by atoms with E-state index < -0.39 is 0 Å². The lowest BCUT2D eigenvalue weighted by atomic mass is 10.1. The Morgan fingerprint density at radius 3 is 2.72 bits per heavy atom. The molecule has 1 aliphatic heterocycles. The number of carbonyl (C=O) groups is 1. The van der Waals surface area contributed by atoms with Crippen LogP contribution in [-0.2, 0) is 4.79 Å². The van der Waals surface area contributed by atoms with Gasteiger partial charge < -0.3 is 10.6 Å². The molecule has 0 radical (unpaired) electrons. The molecule has 0 spiro atoms. The van der Waals surface area contributed by atoms with Gasteiger partial charge in [-0.3, -0.25) is 4.79 Å². The van der Waals surface area contributed by atoms with E-state index in [2.05, 4.69) is 0 Å². The maximum atomic E-state index is 12.0. The zero-order chi connectivity index (χ0) is 13.0. The number of carbonyl (C=O) groups excluding carboxylic acids is 1. The molecule has 1 fully saturated rings. The molecular weight excluding hydrogens is 244 g/mol. The fraction of sp³-hybridized carbons (Fsp3) is 0.500. The first-order valence-corrected chi connectivity index (χ1v) is 7.42. The highest BCUT2D eigenvalue weighted by Crippen LogP contribution is 2.24. The van der Waals surface area contributed by atoms with Gasteiger partial charge in [0.05, 0.1) is 5.75 Å². The zero-order valence-electron chi connectivity index (χ0n) is 10.8. The Kier molecular flexibility index (Phi) is 4.53. The van der Waals surface area contributed by atoms with Crippen LogP contribution in [0.25, 0.3) is 0 Å². The van der Waals surface area contributed by atoms with Gasteiger partial charge in [-0.2, -0.15) is 0 Å². The number of piperidine rings is 1. The predicted octanol–water partition coefficient (Wildman–Crippen LogP) is 2.68. The molecule has 1 amide bonds. The SMILES string of the molecule is Cc1cc(N)ccc1SCC(=O)N1CCCCC1. The summed E-state index contributed by atoms with van der Waals surface area (Å²) in [5.74, 6) is 0.793. The van der Waals surface area contributed by atoms with Gasteiger partial charge in [-0.25, -0.2) is 0 Å². The van der Waals surface area contributed by atoms with Gasteiger partial charge in [0.15, 0.2) is 0 Å². The van der Waals surface area contributed by atoms with Gasteiger partial charge >= 0.3 is 0 Å². The third-order valence-corrected chi connectivity index (χ3v) is 4.42. The van der Waals surface area contributed by atoms with Crippen molar-refractivity contribution < 1.29 is 4.79 Å². The summed E-state index contributed by atoms with van der Waals surface area (Å²) in [5.41, 5.74) is 7.64. The van der Waals surface area contributed by atoms with Gasteiger partial charge in [0.2, 0.25) is 5.91 Å². The highest BCUT2D eigenvalue weighted by molar-refractivity contribution is 8.00. The van der Waals surface area contributed by atoms with Crippen molar-refractivity contribution in [1.29, 1.82) is 0 Å². The number of anilines is 1. The standard InChI is InChI=1S/C14H20N2OS/c1-11-9-12(15)5-6-13(11)18-10-14(17)16-7-3-2-4-8-16/h5-6,9H,2-4,7-8,10,15H2,1H3. The molecule has 98 valence electrons. The molecule has 0 atom stereocenters. The van der Waals surface area contributed by atoms with Crippen LogP contribution >= 0.6 is 11.8 Å². The molecule has 1 aromatic rings. The minimum atomic E-state index is 0.260. The Morgan fingerprint density at radius 1 is 1.33 bits per heavy atom. The second-order valence-electron chi connectivity index (χ2n) is 4.76. The molecule has 0 unspecified atom stereocenters. The molecule has 1 heterocycles. The molecule has 4 heteroatoms. The maximum Gasteiger partial charge on any atom is 0.232 e. The lowest BCUT2D eigenvalue weighted by Gasteiger charge is -2.26. The van der Waals surface area contributed by atoms with E-state index in [1.807, 2.05) is 30.0 Å². The van der Waals surface area contributed by atoms with Crippen LogP contribution in [0.5, 0.6) is 0 Å². The van der Waals surface area contributed by atoms with E-state index in [9.17, 15) is 4.79 Å². The lowest BCUT2D eigenvalue weighted by Crippen LogP contribution is -2.36. The van der Waals surface area contributed by atoms with E-state index in [1.54, 1.807) is 11.8 Å². The summed E-state index contributed by atoms with van der Waals surface area (Å²) in [6.45, 7) is 3.89. The van der Waals surface area contributed by atoms with E-state index in [-0.39, 0.29) is 5.91 Å². The first kappa shape index (κ1) is 13.3. The Balaban J connectivity index is 1.88. The topological polar surface area (TPSA) is 46.3 Å². The van der Waals surface area contributed by atoms with Crippen molar-refractivity contribution in [3.05, 3.63) is 23.8 Å². The predicted molar refractivity (Wildman–Crippen MR) is 76.7 cm³/mol. The summed E-state index contributed by atoms with van der Waals surface area (Å²) in [4.78, 5) is 15.2. The molecule has 2 N–H and O–H groups in total. The molecule has 1 aliphatic rings. The number of amides is 1. The number of hydrogen-bond donors (Lipinski definition) is 1. The van der Waals surface area contributed by atoms with Crippen molar-refractivity contribution in [2.75, 3.05) is 24.6 Å². The number of aryl methyl sites for hydroxylation is 1. The largest absolute Gasteiger partial charge is 0.399 e. The second kappa shape index (κ2) is 6.14. The van der Waals surface area contributed by atoms with Gasteiger partial charge in [-0.15, -0.1) is 11.8 Å². The molecule has 3 nitrogen and oxygen atoms in total. The van der Waals surface area contributed by atoms with Gasteiger partial charge in [-0.05, 0) is 49.9 Å². The Labute approximate surface area is 113 Å². The summed E-state index contributed by atoms with van der Waals surface area (Å²) in [6, 6.07) is 5.84. The highest BCUT2D eigenvalue weighted by atomic mass is 32.2. The average molecular weight is 264 g/mol. The first-order chi connectivity index (χ1) is 8.66. The molecule has 18 heavy (non-hydrogen) atoms. The number of nitrogens with two attached hydrogens (primary N) is 1. The van der Waals surface area contributed by atoms with Crippen LogP contribution in [0.3, 0.4) is 0 Å². The Morgan fingerprint density at radius 2 is 2.06 bits per heavy atom. The van der Waals surface area contributed by atoms with Crippen molar-refractivity contribution in [3.63, 3.8) is 0 Å². The van der Waals surface area contributed by atoms with E-state index in [0.29, 0.717) is 5.75 Å². The normalized spacial score (nSPS) is 15.7. The average Bonchev–Trinajstić information content (AvgIpc) is 2.38. The first-order valence-electron chi connectivity index (χ1n) is 6.43. The number of hydrogen-bond acceptors (Lipinski definition) is 3. The van der Waals surface area contributed by atoms with Gasteiger partial charge in [-0.1, -0.05) is 0 Å². The molecule has 1 aromatic carbocycles. The fourth-order valence-corrected chi connectivity index (χ4v) is 3.12. The van der Waals surface area contributed by atoms with Crippen LogP contribution in [0.2, 0.25) is 0 Å². The number of thioether (sulfide) groups is 1. The lowest BCUT2D eigenvalue weighted by molar-refractivity contribution is -0.129. The quantitative estimate of drug-likeness (QED) is 0.674. The number of benzene rings is 1. The minimum Gasteiger partial charge on any atom is -0.399 e. The van der Waals surface area contributed by atoms with E-state index in [4.69, 9.17) is 5.73 Å². The molecule has 0 saturated carbocycles. The molecule has 0 bridgehead atoms. The summed E-state index contributed by atoms with van der Waals surface area (Å²) >= 11 is 1.61. The summed E-state index contributed by atoms with van der Waals surface area (Å²) in [5, 5.41) is 0. The second-order valence-corrected chi connectivity index (χ2v) is 5.77. The summed E-state index contributed by atoms with van der Waals surface area (Å²) in [6.07, 6.45) is 3.56. The maximum absolute atomic E-state index is 12.0. The smallest absolute Gasteiger partial charge is 0.232 e. The molecular formula is C14H20N2OS. The monoisotopic (exact) mass is 264 g/mol.